The zero-order valence-corrected chi connectivity index (χ0v) is 13.5. The molecule has 0 radical (unpaired) electrons. The summed E-state index contributed by atoms with van der Waals surface area (Å²) in [6, 6.07) is -1.27. The van der Waals surface area contributed by atoms with Gasteiger partial charge in [-0.2, -0.15) is 0 Å². The van der Waals surface area contributed by atoms with Crippen molar-refractivity contribution < 1.29 is 44.7 Å². The number of aliphatic hydroxyl groups is 3. The van der Waals surface area contributed by atoms with Gasteiger partial charge in [0.2, 0.25) is 0 Å². The number of Topliss-reactive ketones (excluding diaryl/α,β-unsaturated/α-hetero) is 1. The van der Waals surface area contributed by atoms with Crippen molar-refractivity contribution in [1.82, 2.24) is 0 Å². The average Bonchev–Trinajstić information content (AvgIpc) is 2.76. The molecule has 1 unspecified atom stereocenters. The minimum Gasteiger partial charge on any atom is -0.481 e. The van der Waals surface area contributed by atoms with Crippen molar-refractivity contribution in [1.29, 1.82) is 0 Å². The van der Waals surface area contributed by atoms with Gasteiger partial charge in [0.25, 0.3) is 0 Å². The molecule has 1 aliphatic carbocycles. The zero-order chi connectivity index (χ0) is 19.1. The van der Waals surface area contributed by atoms with Gasteiger partial charge >= 0.3 is 11.9 Å². The number of aliphatic carboxylic acids is 2. The molecule has 1 saturated heterocycles. The van der Waals surface area contributed by atoms with Crippen molar-refractivity contribution in [3.05, 3.63) is 11.1 Å². The standard InChI is InChI=1S/C15H21NO9/c1-15(24,12-10(16)11(20)14(23)25-12)9-6(17)3-2-5(4-7(18)19)8(9)13(21)22/h9-12,14,20,23-24H,2-4,16H2,1H3,(H,18,19)(H,21,22)/t9?,10-,11-,12-,14+,15-/m0/s1. The molecule has 1 aliphatic heterocycles. The summed E-state index contributed by atoms with van der Waals surface area (Å²) in [7, 11) is 0. The van der Waals surface area contributed by atoms with Crippen LogP contribution in [0.2, 0.25) is 0 Å². The molecule has 0 saturated carbocycles. The van der Waals surface area contributed by atoms with Crippen molar-refractivity contribution in [3.8, 4) is 0 Å². The molecule has 0 bridgehead atoms. The normalized spacial score (nSPS) is 35.6. The van der Waals surface area contributed by atoms with E-state index in [0.717, 1.165) is 6.92 Å². The Morgan fingerprint density at radius 1 is 1.28 bits per heavy atom. The Bertz CT molecular complexity index is 626. The van der Waals surface area contributed by atoms with Crippen molar-refractivity contribution in [2.45, 2.75) is 56.3 Å². The number of carbonyl (C=O) groups is 3. The molecule has 1 fully saturated rings. The van der Waals surface area contributed by atoms with Crippen LogP contribution in [0.25, 0.3) is 0 Å². The maximum Gasteiger partial charge on any atom is 0.332 e. The Balaban J connectivity index is 2.50. The van der Waals surface area contributed by atoms with Gasteiger partial charge in [-0.15, -0.1) is 0 Å². The van der Waals surface area contributed by atoms with Crippen molar-refractivity contribution >= 4 is 17.7 Å². The number of hydrogen-bond donors (Lipinski definition) is 6. The molecule has 140 valence electrons. The summed E-state index contributed by atoms with van der Waals surface area (Å²) >= 11 is 0. The molecule has 2 rings (SSSR count). The maximum atomic E-state index is 12.4. The lowest BCUT2D eigenvalue weighted by atomic mass is 9.69. The van der Waals surface area contributed by atoms with Crippen molar-refractivity contribution in [2.24, 2.45) is 11.7 Å². The van der Waals surface area contributed by atoms with E-state index < -0.39 is 65.8 Å². The average molecular weight is 359 g/mol. The molecule has 1 heterocycles. The highest BCUT2D eigenvalue weighted by Crippen LogP contribution is 2.41. The molecule has 10 heteroatoms. The SMILES string of the molecule is C[C@](O)(C1C(=O)CCC(CC(=O)O)=C1C(=O)O)[C@H]1O[C@@H](O)[C@@H](O)[C@@H]1N. The summed E-state index contributed by atoms with van der Waals surface area (Å²) in [4.78, 5) is 35.1. The molecule has 10 nitrogen and oxygen atoms in total. The molecule has 0 aromatic heterocycles. The van der Waals surface area contributed by atoms with E-state index in [1.807, 2.05) is 0 Å². The highest BCUT2D eigenvalue weighted by Gasteiger charge is 2.56. The summed E-state index contributed by atoms with van der Waals surface area (Å²) in [6.07, 6.45) is -5.41. The summed E-state index contributed by atoms with van der Waals surface area (Å²) in [5, 5.41) is 48.6. The van der Waals surface area contributed by atoms with Gasteiger partial charge in [0.1, 0.15) is 23.6 Å². The van der Waals surface area contributed by atoms with E-state index in [2.05, 4.69) is 0 Å². The molecule has 0 amide bonds. The van der Waals surface area contributed by atoms with Crippen LogP contribution < -0.4 is 5.73 Å². The van der Waals surface area contributed by atoms with Crippen LogP contribution in [-0.4, -0.2) is 73.4 Å². The van der Waals surface area contributed by atoms with E-state index >= 15 is 0 Å². The van der Waals surface area contributed by atoms with E-state index in [4.69, 9.17) is 15.6 Å². The summed E-state index contributed by atoms with van der Waals surface area (Å²) in [6.45, 7) is 1.12. The highest BCUT2D eigenvalue weighted by molar-refractivity contribution is 6.00. The van der Waals surface area contributed by atoms with Crippen LogP contribution in [0.3, 0.4) is 0 Å². The first-order valence-electron chi connectivity index (χ1n) is 7.67. The fourth-order valence-corrected chi connectivity index (χ4v) is 3.56. The monoisotopic (exact) mass is 359 g/mol. The largest absolute Gasteiger partial charge is 0.481 e. The van der Waals surface area contributed by atoms with Crippen LogP contribution in [0.1, 0.15) is 26.2 Å². The number of carboxylic acids is 2. The molecular formula is C15H21NO9. The van der Waals surface area contributed by atoms with Gasteiger partial charge in [-0.3, -0.25) is 9.59 Å². The second-order valence-corrected chi connectivity index (χ2v) is 6.53. The molecule has 6 atom stereocenters. The molecular weight excluding hydrogens is 338 g/mol. The number of carboxylic acid groups (broad SMARTS) is 2. The van der Waals surface area contributed by atoms with Gasteiger partial charge < -0.3 is 36.0 Å². The quantitative estimate of drug-likeness (QED) is 0.320. The highest BCUT2D eigenvalue weighted by atomic mass is 16.6. The fourth-order valence-electron chi connectivity index (χ4n) is 3.56. The number of aliphatic hydroxyl groups excluding tert-OH is 2. The lowest BCUT2D eigenvalue weighted by Crippen LogP contribution is -2.58. The number of nitrogens with two attached hydrogens (primary N) is 1. The summed E-state index contributed by atoms with van der Waals surface area (Å²) in [5.74, 6) is -4.99. The smallest absolute Gasteiger partial charge is 0.332 e. The Morgan fingerprint density at radius 3 is 2.32 bits per heavy atom. The Labute approximate surface area is 142 Å². The third kappa shape index (κ3) is 3.44. The van der Waals surface area contributed by atoms with Crippen LogP contribution in [0, 0.1) is 5.92 Å². The number of hydrogen-bond acceptors (Lipinski definition) is 8. The second kappa shape index (κ2) is 6.81. The Hall–Kier alpha value is -1.85. The van der Waals surface area contributed by atoms with Crippen LogP contribution in [0.15, 0.2) is 11.1 Å². The summed E-state index contributed by atoms with van der Waals surface area (Å²) < 4.78 is 5.04. The van der Waals surface area contributed by atoms with Crippen molar-refractivity contribution in [3.63, 3.8) is 0 Å². The molecule has 7 N–H and O–H groups in total. The zero-order valence-electron chi connectivity index (χ0n) is 13.5. The first-order chi connectivity index (χ1) is 11.5. The molecule has 25 heavy (non-hydrogen) atoms. The molecule has 2 aliphatic rings. The minimum atomic E-state index is -2.17. The first kappa shape index (κ1) is 19.5. The minimum absolute atomic E-state index is 0.0255. The number of carbonyl (C=O) groups excluding carboxylic acids is 1. The van der Waals surface area contributed by atoms with Crippen LogP contribution in [0.4, 0.5) is 0 Å². The van der Waals surface area contributed by atoms with Gasteiger partial charge in [0, 0.05) is 6.42 Å². The van der Waals surface area contributed by atoms with Crippen molar-refractivity contribution in [2.75, 3.05) is 0 Å². The predicted octanol–water partition coefficient (Wildman–Crippen LogP) is -2.02. The Morgan fingerprint density at radius 2 is 1.88 bits per heavy atom. The first-order valence-corrected chi connectivity index (χ1v) is 7.67. The topological polar surface area (TPSA) is 188 Å². The van der Waals surface area contributed by atoms with Gasteiger partial charge in [-0.05, 0) is 18.9 Å². The van der Waals surface area contributed by atoms with E-state index in [1.54, 1.807) is 0 Å². The molecule has 0 spiro atoms. The number of ether oxygens (including phenoxy) is 1. The lowest BCUT2D eigenvalue weighted by molar-refractivity contribution is -0.181. The maximum absolute atomic E-state index is 12.4. The Kier molecular flexibility index (Phi) is 5.30. The lowest BCUT2D eigenvalue weighted by Gasteiger charge is -2.40. The second-order valence-electron chi connectivity index (χ2n) is 6.53. The van der Waals surface area contributed by atoms with Gasteiger partial charge in [0.05, 0.1) is 24.0 Å². The molecule has 0 aromatic rings. The molecule has 0 aromatic carbocycles. The third-order valence-corrected chi connectivity index (χ3v) is 4.74. The van der Waals surface area contributed by atoms with Gasteiger partial charge in [0.15, 0.2) is 6.29 Å². The summed E-state index contributed by atoms with van der Waals surface area (Å²) in [5.41, 5.74) is 3.07. The number of ketones is 1. The van der Waals surface area contributed by atoms with Crippen LogP contribution in [-0.2, 0) is 19.1 Å². The number of rotatable bonds is 5. The van der Waals surface area contributed by atoms with E-state index in [9.17, 15) is 34.8 Å². The van der Waals surface area contributed by atoms with Gasteiger partial charge in [-0.25, -0.2) is 4.79 Å². The van der Waals surface area contributed by atoms with E-state index in [-0.39, 0.29) is 18.4 Å². The van der Waals surface area contributed by atoms with E-state index in [1.165, 1.54) is 0 Å². The van der Waals surface area contributed by atoms with Gasteiger partial charge in [-0.1, -0.05) is 0 Å². The van der Waals surface area contributed by atoms with E-state index in [0.29, 0.717) is 0 Å². The van der Waals surface area contributed by atoms with Crippen LogP contribution in [0.5, 0.6) is 0 Å². The fraction of sp³-hybridized carbons (Fsp3) is 0.667. The predicted molar refractivity (Wildman–Crippen MR) is 80.1 cm³/mol. The van der Waals surface area contributed by atoms with Crippen LogP contribution >= 0.6 is 0 Å². The third-order valence-electron chi connectivity index (χ3n) is 4.74.